The fourth-order valence-corrected chi connectivity index (χ4v) is 2.61. The molecule has 0 amide bonds. The molecule has 1 saturated heterocycles. The van der Waals surface area contributed by atoms with Crippen molar-refractivity contribution in [3.8, 4) is 0 Å². The molecule has 0 atom stereocenters. The standard InChI is InChI=1S/C14H17NO2/c1-13(2,16)14(8-17-9-14)11-7-15-12-6-4-3-5-10(11)12/h3-7,15-16H,8-9H2,1-2H3. The van der Waals surface area contributed by atoms with Crippen molar-refractivity contribution < 1.29 is 9.84 Å². The molecular weight excluding hydrogens is 214 g/mol. The molecule has 3 nitrogen and oxygen atoms in total. The average molecular weight is 231 g/mol. The molecule has 1 aromatic heterocycles. The number of rotatable bonds is 2. The van der Waals surface area contributed by atoms with Gasteiger partial charge in [-0.3, -0.25) is 0 Å². The van der Waals surface area contributed by atoms with Gasteiger partial charge in [0.25, 0.3) is 0 Å². The minimum atomic E-state index is -0.782. The van der Waals surface area contributed by atoms with E-state index in [4.69, 9.17) is 4.74 Å². The number of H-pyrrole nitrogens is 1. The van der Waals surface area contributed by atoms with Crippen LogP contribution in [0.2, 0.25) is 0 Å². The van der Waals surface area contributed by atoms with Gasteiger partial charge in [0.05, 0.1) is 24.2 Å². The number of fused-ring (bicyclic) bond motifs is 1. The number of aromatic amines is 1. The Kier molecular flexibility index (Phi) is 2.12. The molecule has 0 unspecified atom stereocenters. The van der Waals surface area contributed by atoms with Crippen LogP contribution in [0.25, 0.3) is 10.9 Å². The van der Waals surface area contributed by atoms with E-state index in [2.05, 4.69) is 17.1 Å². The van der Waals surface area contributed by atoms with Gasteiger partial charge in [-0.25, -0.2) is 0 Å². The van der Waals surface area contributed by atoms with Gasteiger partial charge in [-0.2, -0.15) is 0 Å². The van der Waals surface area contributed by atoms with Crippen molar-refractivity contribution in [1.82, 2.24) is 4.98 Å². The van der Waals surface area contributed by atoms with Gasteiger partial charge < -0.3 is 14.8 Å². The van der Waals surface area contributed by atoms with Crippen LogP contribution in [0.3, 0.4) is 0 Å². The van der Waals surface area contributed by atoms with E-state index >= 15 is 0 Å². The average Bonchev–Trinajstić information content (AvgIpc) is 2.59. The predicted octanol–water partition coefficient (Wildman–Crippen LogP) is 2.21. The predicted molar refractivity (Wildman–Crippen MR) is 67.1 cm³/mol. The first kappa shape index (κ1) is 10.8. The lowest BCUT2D eigenvalue weighted by Gasteiger charge is -2.49. The van der Waals surface area contributed by atoms with Crippen LogP contribution < -0.4 is 0 Å². The van der Waals surface area contributed by atoms with Crippen molar-refractivity contribution in [2.45, 2.75) is 24.9 Å². The van der Waals surface area contributed by atoms with Crippen molar-refractivity contribution in [3.63, 3.8) is 0 Å². The van der Waals surface area contributed by atoms with Crippen LogP contribution in [0.1, 0.15) is 19.4 Å². The Labute approximate surface area is 100 Å². The quantitative estimate of drug-likeness (QED) is 0.832. The van der Waals surface area contributed by atoms with Crippen LogP contribution in [0.4, 0.5) is 0 Å². The highest BCUT2D eigenvalue weighted by Gasteiger charge is 2.52. The van der Waals surface area contributed by atoms with Crippen molar-refractivity contribution in [1.29, 1.82) is 0 Å². The lowest BCUT2D eigenvalue weighted by Crippen LogP contribution is -2.60. The van der Waals surface area contributed by atoms with Crippen molar-refractivity contribution >= 4 is 10.9 Å². The monoisotopic (exact) mass is 231 g/mol. The Balaban J connectivity index is 2.21. The van der Waals surface area contributed by atoms with E-state index in [0.717, 1.165) is 11.1 Å². The molecule has 2 heterocycles. The molecule has 0 saturated carbocycles. The third-order valence-corrected chi connectivity index (χ3v) is 3.97. The summed E-state index contributed by atoms with van der Waals surface area (Å²) < 4.78 is 5.36. The van der Waals surface area contributed by atoms with Gasteiger partial charge in [-0.1, -0.05) is 18.2 Å². The van der Waals surface area contributed by atoms with Gasteiger partial charge in [0.2, 0.25) is 0 Å². The second-order valence-corrected chi connectivity index (χ2v) is 5.38. The van der Waals surface area contributed by atoms with Crippen LogP contribution >= 0.6 is 0 Å². The van der Waals surface area contributed by atoms with Gasteiger partial charge >= 0.3 is 0 Å². The number of nitrogens with one attached hydrogen (secondary N) is 1. The Morgan fingerprint density at radius 1 is 1.29 bits per heavy atom. The summed E-state index contributed by atoms with van der Waals surface area (Å²) in [7, 11) is 0. The van der Waals surface area contributed by atoms with Gasteiger partial charge in [0.1, 0.15) is 0 Å². The summed E-state index contributed by atoms with van der Waals surface area (Å²) in [6.07, 6.45) is 2.01. The highest BCUT2D eigenvalue weighted by atomic mass is 16.5. The summed E-state index contributed by atoms with van der Waals surface area (Å²) in [5, 5.41) is 11.6. The van der Waals surface area contributed by atoms with Gasteiger partial charge in [-0.05, 0) is 25.5 Å². The Morgan fingerprint density at radius 2 is 2.00 bits per heavy atom. The molecule has 1 aromatic carbocycles. The highest BCUT2D eigenvalue weighted by Crippen LogP contribution is 2.44. The molecule has 2 N–H and O–H groups in total. The van der Waals surface area contributed by atoms with Crippen LogP contribution in [0.15, 0.2) is 30.5 Å². The summed E-state index contributed by atoms with van der Waals surface area (Å²) in [6, 6.07) is 8.18. The van der Waals surface area contributed by atoms with Crippen molar-refractivity contribution in [2.24, 2.45) is 0 Å². The summed E-state index contributed by atoms with van der Waals surface area (Å²) in [5.74, 6) is 0. The molecule has 1 fully saturated rings. The molecule has 1 aliphatic heterocycles. The first-order valence-electron chi connectivity index (χ1n) is 5.91. The lowest BCUT2D eigenvalue weighted by molar-refractivity contribution is -0.156. The maximum absolute atomic E-state index is 10.4. The third kappa shape index (κ3) is 1.36. The SMILES string of the molecule is CC(C)(O)C1(c2c[nH]c3ccccc23)COC1. The second kappa shape index (κ2) is 3.34. The van der Waals surface area contributed by atoms with E-state index in [-0.39, 0.29) is 5.41 Å². The zero-order valence-electron chi connectivity index (χ0n) is 10.2. The largest absolute Gasteiger partial charge is 0.389 e. The number of hydrogen-bond donors (Lipinski definition) is 2. The van der Waals surface area contributed by atoms with E-state index in [0.29, 0.717) is 13.2 Å². The summed E-state index contributed by atoms with van der Waals surface area (Å²) in [5.41, 5.74) is 1.20. The van der Waals surface area contributed by atoms with Gasteiger partial charge in [-0.15, -0.1) is 0 Å². The number of ether oxygens (including phenoxy) is 1. The van der Waals surface area contributed by atoms with E-state index in [9.17, 15) is 5.11 Å². The minimum absolute atomic E-state index is 0.285. The summed E-state index contributed by atoms with van der Waals surface area (Å²) in [6.45, 7) is 4.88. The molecule has 17 heavy (non-hydrogen) atoms. The maximum Gasteiger partial charge on any atom is 0.0733 e. The molecule has 3 heteroatoms. The third-order valence-electron chi connectivity index (χ3n) is 3.97. The first-order valence-corrected chi connectivity index (χ1v) is 5.91. The Bertz CT molecular complexity index is 547. The first-order chi connectivity index (χ1) is 8.05. The lowest BCUT2D eigenvalue weighted by atomic mass is 9.67. The van der Waals surface area contributed by atoms with Crippen LogP contribution in [0.5, 0.6) is 0 Å². The molecular formula is C14H17NO2. The van der Waals surface area contributed by atoms with E-state index < -0.39 is 5.60 Å². The molecule has 90 valence electrons. The Morgan fingerprint density at radius 3 is 2.59 bits per heavy atom. The highest BCUT2D eigenvalue weighted by molar-refractivity contribution is 5.84. The second-order valence-electron chi connectivity index (χ2n) is 5.38. The fourth-order valence-electron chi connectivity index (χ4n) is 2.61. The smallest absolute Gasteiger partial charge is 0.0733 e. The minimum Gasteiger partial charge on any atom is -0.389 e. The molecule has 0 radical (unpaired) electrons. The van der Waals surface area contributed by atoms with Crippen molar-refractivity contribution in [2.75, 3.05) is 13.2 Å². The summed E-state index contributed by atoms with van der Waals surface area (Å²) >= 11 is 0. The van der Waals surface area contributed by atoms with Crippen molar-refractivity contribution in [3.05, 3.63) is 36.0 Å². The molecule has 0 aliphatic carbocycles. The van der Waals surface area contributed by atoms with Crippen LogP contribution in [-0.2, 0) is 10.2 Å². The molecule has 0 bridgehead atoms. The molecule has 1 aliphatic rings. The maximum atomic E-state index is 10.4. The zero-order valence-corrected chi connectivity index (χ0v) is 10.2. The van der Waals surface area contributed by atoms with Crippen LogP contribution in [0, 0.1) is 0 Å². The fraction of sp³-hybridized carbons (Fsp3) is 0.429. The van der Waals surface area contributed by atoms with E-state index in [1.165, 1.54) is 5.39 Å². The molecule has 2 aromatic rings. The van der Waals surface area contributed by atoms with Gasteiger partial charge in [0.15, 0.2) is 0 Å². The molecule has 3 rings (SSSR count). The van der Waals surface area contributed by atoms with E-state index in [1.807, 2.05) is 32.2 Å². The topological polar surface area (TPSA) is 45.2 Å². The zero-order chi connectivity index (χ0) is 12.1. The molecule has 0 spiro atoms. The number of para-hydroxylation sites is 1. The number of benzene rings is 1. The van der Waals surface area contributed by atoms with E-state index in [1.54, 1.807) is 0 Å². The number of aromatic nitrogens is 1. The van der Waals surface area contributed by atoms with Crippen LogP contribution in [-0.4, -0.2) is 28.9 Å². The number of aliphatic hydroxyl groups is 1. The normalized spacial score (nSPS) is 19.2. The number of hydrogen-bond acceptors (Lipinski definition) is 2. The van der Waals surface area contributed by atoms with Gasteiger partial charge in [0, 0.05) is 17.1 Å². The Hall–Kier alpha value is -1.32. The summed E-state index contributed by atoms with van der Waals surface area (Å²) in [4.78, 5) is 3.27.